The van der Waals surface area contributed by atoms with Gasteiger partial charge in [-0.2, -0.15) is 0 Å². The van der Waals surface area contributed by atoms with E-state index in [0.29, 0.717) is 6.04 Å². The van der Waals surface area contributed by atoms with Gasteiger partial charge >= 0.3 is 0 Å². The molecule has 0 aromatic carbocycles. The standard InChI is InChI=1S/C11H22N2/c1-5-9-13(8-4)11(6-2)10-12-7-3/h1,11-12H,6-10H2,2-4H3. The van der Waals surface area contributed by atoms with Crippen molar-refractivity contribution >= 4 is 0 Å². The average Bonchev–Trinajstić information content (AvgIpc) is 2.17. The van der Waals surface area contributed by atoms with Gasteiger partial charge in [-0.15, -0.1) is 6.42 Å². The lowest BCUT2D eigenvalue weighted by Crippen LogP contribution is -2.42. The van der Waals surface area contributed by atoms with Crippen molar-refractivity contribution in [2.75, 3.05) is 26.2 Å². The Labute approximate surface area is 82.7 Å². The molecule has 2 heteroatoms. The second-order valence-corrected chi connectivity index (χ2v) is 3.14. The van der Waals surface area contributed by atoms with E-state index in [1.807, 2.05) is 0 Å². The highest BCUT2D eigenvalue weighted by Crippen LogP contribution is 2.01. The van der Waals surface area contributed by atoms with Gasteiger partial charge in [-0.3, -0.25) is 4.90 Å². The second-order valence-electron chi connectivity index (χ2n) is 3.14. The van der Waals surface area contributed by atoms with Gasteiger partial charge in [-0.05, 0) is 19.5 Å². The fourth-order valence-corrected chi connectivity index (χ4v) is 1.46. The van der Waals surface area contributed by atoms with Crippen molar-refractivity contribution in [2.24, 2.45) is 0 Å². The van der Waals surface area contributed by atoms with E-state index in [1.165, 1.54) is 0 Å². The predicted octanol–water partition coefficient (Wildman–Crippen LogP) is 1.33. The van der Waals surface area contributed by atoms with Gasteiger partial charge < -0.3 is 5.32 Å². The van der Waals surface area contributed by atoms with E-state index in [4.69, 9.17) is 6.42 Å². The summed E-state index contributed by atoms with van der Waals surface area (Å²) in [6, 6.07) is 0.584. The highest BCUT2D eigenvalue weighted by molar-refractivity contribution is 4.90. The molecule has 1 atom stereocenters. The highest BCUT2D eigenvalue weighted by atomic mass is 15.2. The maximum absolute atomic E-state index is 5.31. The topological polar surface area (TPSA) is 15.3 Å². The minimum Gasteiger partial charge on any atom is -0.315 e. The summed E-state index contributed by atoms with van der Waals surface area (Å²) in [6.07, 6.45) is 6.47. The summed E-state index contributed by atoms with van der Waals surface area (Å²) in [7, 11) is 0. The van der Waals surface area contributed by atoms with Gasteiger partial charge in [0, 0.05) is 12.6 Å². The van der Waals surface area contributed by atoms with Crippen LogP contribution in [0.3, 0.4) is 0 Å². The Bertz CT molecular complexity index is 149. The van der Waals surface area contributed by atoms with Crippen molar-refractivity contribution in [3.05, 3.63) is 0 Å². The van der Waals surface area contributed by atoms with Gasteiger partial charge in [-0.1, -0.05) is 26.7 Å². The molecule has 0 bridgehead atoms. The molecule has 0 spiro atoms. The quantitative estimate of drug-likeness (QED) is 0.598. The number of likely N-dealkylation sites (N-methyl/N-ethyl adjacent to an activating group) is 2. The molecule has 0 rings (SSSR count). The van der Waals surface area contributed by atoms with Crippen LogP contribution < -0.4 is 5.32 Å². The Balaban J connectivity index is 3.93. The van der Waals surface area contributed by atoms with E-state index in [9.17, 15) is 0 Å². The van der Waals surface area contributed by atoms with Crippen molar-refractivity contribution in [3.63, 3.8) is 0 Å². The minimum absolute atomic E-state index is 0.584. The van der Waals surface area contributed by atoms with E-state index in [1.54, 1.807) is 0 Å². The molecule has 0 aromatic heterocycles. The van der Waals surface area contributed by atoms with E-state index in [2.05, 4.69) is 36.9 Å². The lowest BCUT2D eigenvalue weighted by atomic mass is 10.2. The first-order valence-corrected chi connectivity index (χ1v) is 5.18. The number of rotatable bonds is 7. The Morgan fingerprint density at radius 2 is 2.08 bits per heavy atom. The van der Waals surface area contributed by atoms with Crippen LogP contribution in [0.2, 0.25) is 0 Å². The summed E-state index contributed by atoms with van der Waals surface area (Å²) in [5.74, 6) is 2.71. The van der Waals surface area contributed by atoms with Gasteiger partial charge in [0.15, 0.2) is 0 Å². The van der Waals surface area contributed by atoms with Crippen LogP contribution in [-0.2, 0) is 0 Å². The molecule has 0 aliphatic rings. The zero-order chi connectivity index (χ0) is 10.1. The summed E-state index contributed by atoms with van der Waals surface area (Å²) in [5.41, 5.74) is 0. The molecule has 0 heterocycles. The molecular formula is C11H22N2. The lowest BCUT2D eigenvalue weighted by Gasteiger charge is -2.28. The zero-order valence-electron chi connectivity index (χ0n) is 9.14. The molecule has 1 N–H and O–H groups in total. The molecule has 0 radical (unpaired) electrons. The molecular weight excluding hydrogens is 160 g/mol. The molecule has 1 unspecified atom stereocenters. The monoisotopic (exact) mass is 182 g/mol. The molecule has 0 fully saturated rings. The first kappa shape index (κ1) is 12.5. The Morgan fingerprint density at radius 1 is 1.38 bits per heavy atom. The van der Waals surface area contributed by atoms with Crippen molar-refractivity contribution < 1.29 is 0 Å². The Morgan fingerprint density at radius 3 is 2.46 bits per heavy atom. The maximum atomic E-state index is 5.31. The normalized spacial score (nSPS) is 12.8. The first-order valence-electron chi connectivity index (χ1n) is 5.18. The molecule has 0 amide bonds. The van der Waals surface area contributed by atoms with Crippen molar-refractivity contribution in [3.8, 4) is 12.3 Å². The van der Waals surface area contributed by atoms with Crippen LogP contribution >= 0.6 is 0 Å². The summed E-state index contributed by atoms with van der Waals surface area (Å²) >= 11 is 0. The third-order valence-electron chi connectivity index (χ3n) is 2.32. The molecule has 0 saturated heterocycles. The lowest BCUT2D eigenvalue weighted by molar-refractivity contribution is 0.221. The third-order valence-corrected chi connectivity index (χ3v) is 2.32. The number of terminal acetylenes is 1. The first-order chi connectivity index (χ1) is 6.29. The SMILES string of the molecule is C#CCN(CC)C(CC)CNCC. The van der Waals surface area contributed by atoms with Crippen LogP contribution in [0.15, 0.2) is 0 Å². The smallest absolute Gasteiger partial charge is 0.0601 e. The van der Waals surface area contributed by atoms with E-state index in [-0.39, 0.29) is 0 Å². The van der Waals surface area contributed by atoms with E-state index in [0.717, 1.165) is 32.6 Å². The molecule has 2 nitrogen and oxygen atoms in total. The summed E-state index contributed by atoms with van der Waals surface area (Å²) in [6.45, 7) is 10.4. The van der Waals surface area contributed by atoms with E-state index >= 15 is 0 Å². The predicted molar refractivity (Wildman–Crippen MR) is 58.7 cm³/mol. The highest BCUT2D eigenvalue weighted by Gasteiger charge is 2.12. The minimum atomic E-state index is 0.584. The van der Waals surface area contributed by atoms with Gasteiger partial charge in [0.25, 0.3) is 0 Å². The maximum Gasteiger partial charge on any atom is 0.0601 e. The summed E-state index contributed by atoms with van der Waals surface area (Å²) in [5, 5.41) is 3.36. The molecule has 0 saturated carbocycles. The van der Waals surface area contributed by atoms with Crippen LogP contribution in [-0.4, -0.2) is 37.1 Å². The zero-order valence-corrected chi connectivity index (χ0v) is 9.14. The Kier molecular flexibility index (Phi) is 7.77. The van der Waals surface area contributed by atoms with Gasteiger partial charge in [0.05, 0.1) is 6.54 Å². The van der Waals surface area contributed by atoms with Crippen LogP contribution in [0.4, 0.5) is 0 Å². The number of nitrogens with zero attached hydrogens (tertiary/aromatic N) is 1. The summed E-state index contributed by atoms with van der Waals surface area (Å²) in [4.78, 5) is 2.34. The molecule has 76 valence electrons. The molecule has 0 aromatic rings. The largest absolute Gasteiger partial charge is 0.315 e. The van der Waals surface area contributed by atoms with Crippen LogP contribution in [0.5, 0.6) is 0 Å². The Hall–Kier alpha value is -0.520. The number of hydrogen-bond acceptors (Lipinski definition) is 2. The fourth-order valence-electron chi connectivity index (χ4n) is 1.46. The average molecular weight is 182 g/mol. The second kappa shape index (κ2) is 8.10. The van der Waals surface area contributed by atoms with Gasteiger partial charge in [0.1, 0.15) is 0 Å². The van der Waals surface area contributed by atoms with Gasteiger partial charge in [-0.25, -0.2) is 0 Å². The third kappa shape index (κ3) is 4.92. The van der Waals surface area contributed by atoms with Crippen LogP contribution in [0, 0.1) is 12.3 Å². The number of nitrogens with one attached hydrogen (secondary N) is 1. The van der Waals surface area contributed by atoms with Crippen LogP contribution in [0.1, 0.15) is 27.2 Å². The molecule has 0 aliphatic carbocycles. The van der Waals surface area contributed by atoms with Crippen LogP contribution in [0.25, 0.3) is 0 Å². The van der Waals surface area contributed by atoms with E-state index < -0.39 is 0 Å². The number of hydrogen-bond donors (Lipinski definition) is 1. The van der Waals surface area contributed by atoms with Crippen molar-refractivity contribution in [2.45, 2.75) is 33.2 Å². The van der Waals surface area contributed by atoms with Crippen molar-refractivity contribution in [1.29, 1.82) is 0 Å². The summed E-state index contributed by atoms with van der Waals surface area (Å²) < 4.78 is 0. The van der Waals surface area contributed by atoms with Gasteiger partial charge in [0.2, 0.25) is 0 Å². The molecule has 13 heavy (non-hydrogen) atoms. The fraction of sp³-hybridized carbons (Fsp3) is 0.818. The molecule has 0 aliphatic heterocycles. The van der Waals surface area contributed by atoms with Crippen molar-refractivity contribution in [1.82, 2.24) is 10.2 Å².